The molecule has 0 saturated carbocycles. The van der Waals surface area contributed by atoms with Crippen molar-refractivity contribution >= 4 is 12.4 Å². The largest absolute Gasteiger partial charge is 0.327 e. The molecule has 1 rings (SSSR count). The van der Waals surface area contributed by atoms with Gasteiger partial charge in [-0.15, -0.1) is 12.4 Å². The fraction of sp³-hybridized carbons (Fsp3) is 0.333. The fourth-order valence-electron chi connectivity index (χ4n) is 0.950. The summed E-state index contributed by atoms with van der Waals surface area (Å²) in [5, 5.41) is 0. The van der Waals surface area contributed by atoms with Gasteiger partial charge in [-0.05, 0) is 18.6 Å². The van der Waals surface area contributed by atoms with Crippen LogP contribution in [0.15, 0.2) is 30.3 Å². The van der Waals surface area contributed by atoms with E-state index in [1.54, 1.807) is 0 Å². The molecule has 0 heterocycles. The molecule has 2 heteroatoms. The minimum atomic E-state index is 0. The maximum Gasteiger partial charge on any atom is 0.0245 e. The van der Waals surface area contributed by atoms with Crippen LogP contribution in [0.25, 0.3) is 0 Å². The Kier molecular flexibility index (Phi) is 6.92. The van der Waals surface area contributed by atoms with E-state index in [4.69, 9.17) is 5.73 Å². The number of hydrogen-bond acceptors (Lipinski definition) is 1. The van der Waals surface area contributed by atoms with Crippen molar-refractivity contribution in [1.82, 2.24) is 0 Å². The topological polar surface area (TPSA) is 26.0 Å². The Morgan fingerprint density at radius 1 is 1.29 bits per heavy atom. The highest BCUT2D eigenvalue weighted by atomic mass is 35.5. The van der Waals surface area contributed by atoms with E-state index in [0.717, 1.165) is 18.4 Å². The van der Waals surface area contributed by atoms with E-state index in [1.165, 1.54) is 0 Å². The Bertz CT molecular complexity index is 297. The predicted octanol–water partition coefficient (Wildman–Crippen LogP) is 2.59. The standard InChI is InChI=1S/C12H15N.ClH/c1-2-12(13)10-6-9-11-7-4-3-5-8-11;/h3-5,7-8,12H,2,10,13H2,1H3;1H. The van der Waals surface area contributed by atoms with Crippen molar-refractivity contribution < 1.29 is 0 Å². The Balaban J connectivity index is 0.00000169. The molecule has 14 heavy (non-hydrogen) atoms. The molecule has 0 aliphatic rings. The molecular formula is C12H16ClN. The van der Waals surface area contributed by atoms with Gasteiger partial charge in [-0.25, -0.2) is 0 Å². The van der Waals surface area contributed by atoms with E-state index in [0.29, 0.717) is 0 Å². The summed E-state index contributed by atoms with van der Waals surface area (Å²) in [6, 6.07) is 10.2. The Morgan fingerprint density at radius 3 is 2.50 bits per heavy atom. The molecule has 1 unspecified atom stereocenters. The van der Waals surface area contributed by atoms with Crippen LogP contribution >= 0.6 is 12.4 Å². The summed E-state index contributed by atoms with van der Waals surface area (Å²) in [6.45, 7) is 2.08. The summed E-state index contributed by atoms with van der Waals surface area (Å²) in [5.41, 5.74) is 6.80. The van der Waals surface area contributed by atoms with E-state index >= 15 is 0 Å². The summed E-state index contributed by atoms with van der Waals surface area (Å²) < 4.78 is 0. The summed E-state index contributed by atoms with van der Waals surface area (Å²) in [7, 11) is 0. The number of rotatable bonds is 2. The van der Waals surface area contributed by atoms with Crippen LogP contribution in [-0.4, -0.2) is 6.04 Å². The lowest BCUT2D eigenvalue weighted by Gasteiger charge is -2.00. The first-order chi connectivity index (χ1) is 6.33. The number of halogens is 1. The van der Waals surface area contributed by atoms with Gasteiger partial charge in [-0.2, -0.15) is 0 Å². The normalized spacial score (nSPS) is 10.7. The van der Waals surface area contributed by atoms with E-state index < -0.39 is 0 Å². The van der Waals surface area contributed by atoms with E-state index in [2.05, 4.69) is 18.8 Å². The molecule has 0 fully saturated rings. The molecule has 0 aromatic heterocycles. The molecule has 0 spiro atoms. The molecule has 2 N–H and O–H groups in total. The van der Waals surface area contributed by atoms with Crippen LogP contribution < -0.4 is 5.73 Å². The van der Waals surface area contributed by atoms with E-state index in [9.17, 15) is 0 Å². The molecule has 0 aliphatic heterocycles. The lowest BCUT2D eigenvalue weighted by Crippen LogP contribution is -2.17. The SMILES string of the molecule is CCC(N)CC#Cc1ccccc1.Cl. The zero-order valence-corrected chi connectivity index (χ0v) is 9.18. The molecule has 1 atom stereocenters. The number of hydrogen-bond donors (Lipinski definition) is 1. The van der Waals surface area contributed by atoms with Crippen molar-refractivity contribution in [2.75, 3.05) is 0 Å². The van der Waals surface area contributed by atoms with Crippen LogP contribution in [0.3, 0.4) is 0 Å². The number of benzene rings is 1. The van der Waals surface area contributed by atoms with Gasteiger partial charge in [0.05, 0.1) is 0 Å². The van der Waals surface area contributed by atoms with Crippen molar-refractivity contribution in [2.24, 2.45) is 5.73 Å². The molecule has 1 aromatic rings. The second-order valence-corrected chi connectivity index (χ2v) is 3.04. The van der Waals surface area contributed by atoms with Gasteiger partial charge in [0.1, 0.15) is 0 Å². The quantitative estimate of drug-likeness (QED) is 0.745. The molecule has 1 aromatic carbocycles. The van der Waals surface area contributed by atoms with Crippen LogP contribution in [0.1, 0.15) is 25.3 Å². The third kappa shape index (κ3) is 4.91. The van der Waals surface area contributed by atoms with Gasteiger partial charge in [0.25, 0.3) is 0 Å². The molecule has 76 valence electrons. The molecule has 0 aliphatic carbocycles. The van der Waals surface area contributed by atoms with Gasteiger partial charge in [-0.1, -0.05) is 37.0 Å². The van der Waals surface area contributed by atoms with Gasteiger partial charge >= 0.3 is 0 Å². The van der Waals surface area contributed by atoms with Crippen LogP contribution in [0.2, 0.25) is 0 Å². The third-order valence-corrected chi connectivity index (χ3v) is 1.90. The summed E-state index contributed by atoms with van der Waals surface area (Å²) in [6.07, 6.45) is 1.77. The lowest BCUT2D eigenvalue weighted by atomic mass is 10.1. The first-order valence-electron chi connectivity index (χ1n) is 4.62. The first-order valence-corrected chi connectivity index (χ1v) is 4.62. The van der Waals surface area contributed by atoms with Crippen molar-refractivity contribution in [1.29, 1.82) is 0 Å². The smallest absolute Gasteiger partial charge is 0.0245 e. The summed E-state index contributed by atoms with van der Waals surface area (Å²) >= 11 is 0. The van der Waals surface area contributed by atoms with Gasteiger partial charge in [-0.3, -0.25) is 0 Å². The average molecular weight is 210 g/mol. The average Bonchev–Trinajstić information content (AvgIpc) is 2.19. The lowest BCUT2D eigenvalue weighted by molar-refractivity contribution is 0.669. The highest BCUT2D eigenvalue weighted by Gasteiger charge is 1.92. The first kappa shape index (κ1) is 13.0. The minimum absolute atomic E-state index is 0. The monoisotopic (exact) mass is 209 g/mol. The summed E-state index contributed by atoms with van der Waals surface area (Å²) in [4.78, 5) is 0. The number of nitrogens with two attached hydrogens (primary N) is 1. The molecule has 0 amide bonds. The third-order valence-electron chi connectivity index (χ3n) is 1.90. The van der Waals surface area contributed by atoms with Gasteiger partial charge in [0, 0.05) is 18.0 Å². The van der Waals surface area contributed by atoms with Gasteiger partial charge < -0.3 is 5.73 Å². The Morgan fingerprint density at radius 2 is 1.93 bits per heavy atom. The highest BCUT2D eigenvalue weighted by molar-refractivity contribution is 5.85. The van der Waals surface area contributed by atoms with Crippen molar-refractivity contribution in [3.05, 3.63) is 35.9 Å². The van der Waals surface area contributed by atoms with Gasteiger partial charge in [0.2, 0.25) is 0 Å². The van der Waals surface area contributed by atoms with E-state index in [-0.39, 0.29) is 18.4 Å². The Hall–Kier alpha value is -0.970. The predicted molar refractivity (Wildman–Crippen MR) is 63.5 cm³/mol. The maximum absolute atomic E-state index is 5.73. The molecular weight excluding hydrogens is 194 g/mol. The second-order valence-electron chi connectivity index (χ2n) is 3.04. The van der Waals surface area contributed by atoms with Crippen LogP contribution in [0.4, 0.5) is 0 Å². The molecule has 1 nitrogen and oxygen atoms in total. The van der Waals surface area contributed by atoms with Gasteiger partial charge in [0.15, 0.2) is 0 Å². The molecule has 0 radical (unpaired) electrons. The van der Waals surface area contributed by atoms with Crippen molar-refractivity contribution in [2.45, 2.75) is 25.8 Å². The van der Waals surface area contributed by atoms with Crippen molar-refractivity contribution in [3.63, 3.8) is 0 Å². The van der Waals surface area contributed by atoms with E-state index in [1.807, 2.05) is 30.3 Å². The zero-order chi connectivity index (χ0) is 9.52. The summed E-state index contributed by atoms with van der Waals surface area (Å²) in [5.74, 6) is 6.16. The van der Waals surface area contributed by atoms with Crippen molar-refractivity contribution in [3.8, 4) is 11.8 Å². The molecule has 0 saturated heterocycles. The zero-order valence-electron chi connectivity index (χ0n) is 8.36. The highest BCUT2D eigenvalue weighted by Crippen LogP contribution is 1.96. The fourth-order valence-corrected chi connectivity index (χ4v) is 0.950. The van der Waals surface area contributed by atoms with Crippen LogP contribution in [-0.2, 0) is 0 Å². The maximum atomic E-state index is 5.73. The van der Waals surface area contributed by atoms with Crippen LogP contribution in [0, 0.1) is 11.8 Å². The Labute approximate surface area is 92.1 Å². The molecule has 0 bridgehead atoms. The van der Waals surface area contributed by atoms with Crippen LogP contribution in [0.5, 0.6) is 0 Å². The second kappa shape index (κ2) is 7.44. The minimum Gasteiger partial charge on any atom is -0.327 e.